The zero-order valence-electron chi connectivity index (χ0n) is 14.5. The van der Waals surface area contributed by atoms with Gasteiger partial charge in [-0.2, -0.15) is 0 Å². The number of hydrogen-bond acceptors (Lipinski definition) is 5. The molecule has 0 spiro atoms. The maximum atomic E-state index is 12.7. The van der Waals surface area contributed by atoms with Gasteiger partial charge in [-0.15, -0.1) is 11.3 Å². The van der Waals surface area contributed by atoms with Crippen LogP contribution in [-0.4, -0.2) is 24.2 Å². The number of carbonyl (C=O) groups is 1. The number of hydrogen-bond donors (Lipinski definition) is 0. The van der Waals surface area contributed by atoms with Crippen molar-refractivity contribution >= 4 is 28.2 Å². The average molecular weight is 375 g/mol. The number of fused-ring (bicyclic) bond motifs is 1. The van der Waals surface area contributed by atoms with Gasteiger partial charge in [0.05, 0.1) is 21.7 Å². The molecule has 0 N–H and O–H groups in total. The second-order valence-electron chi connectivity index (χ2n) is 5.85. The van der Waals surface area contributed by atoms with E-state index in [1.54, 1.807) is 17.4 Å². The van der Waals surface area contributed by atoms with Gasteiger partial charge < -0.3 is 9.47 Å². The predicted octanol–water partition coefficient (Wildman–Crippen LogP) is 5.20. The van der Waals surface area contributed by atoms with Crippen LogP contribution in [0.5, 0.6) is 5.75 Å². The summed E-state index contributed by atoms with van der Waals surface area (Å²) in [6, 6.07) is 22.8. The molecule has 2 heterocycles. The summed E-state index contributed by atoms with van der Waals surface area (Å²) < 4.78 is 11.0. The van der Waals surface area contributed by atoms with E-state index in [0.29, 0.717) is 12.2 Å². The second-order valence-corrected chi connectivity index (χ2v) is 6.79. The number of carbonyl (C=O) groups excluding carboxylic acids is 1. The highest BCUT2D eigenvalue weighted by Crippen LogP contribution is 2.28. The van der Waals surface area contributed by atoms with Crippen molar-refractivity contribution in [2.75, 3.05) is 13.2 Å². The Morgan fingerprint density at radius 1 is 0.926 bits per heavy atom. The molecule has 4 rings (SSSR count). The first kappa shape index (κ1) is 17.2. The number of nitrogens with zero attached hydrogens (tertiary/aromatic N) is 1. The molecule has 2 aromatic heterocycles. The Kier molecular flexibility index (Phi) is 5.12. The molecule has 27 heavy (non-hydrogen) atoms. The maximum absolute atomic E-state index is 12.7. The molecule has 0 saturated carbocycles. The quantitative estimate of drug-likeness (QED) is 0.343. The Labute approximate surface area is 161 Å². The molecule has 0 atom stereocenters. The third-order valence-electron chi connectivity index (χ3n) is 4.04. The van der Waals surface area contributed by atoms with Crippen molar-refractivity contribution in [2.24, 2.45) is 0 Å². The molecule has 4 nitrogen and oxygen atoms in total. The van der Waals surface area contributed by atoms with E-state index in [2.05, 4.69) is 4.98 Å². The summed E-state index contributed by atoms with van der Waals surface area (Å²) in [6.45, 7) is 0.481. The lowest BCUT2D eigenvalue weighted by Crippen LogP contribution is -2.13. The number of ether oxygens (including phenoxy) is 2. The Balaban J connectivity index is 1.52. The van der Waals surface area contributed by atoms with Crippen LogP contribution < -0.4 is 4.74 Å². The van der Waals surface area contributed by atoms with E-state index in [1.165, 1.54) is 0 Å². The lowest BCUT2D eigenvalue weighted by molar-refractivity contribution is 0.0452. The van der Waals surface area contributed by atoms with Gasteiger partial charge in [-0.25, -0.2) is 9.78 Å². The molecule has 0 unspecified atom stereocenters. The van der Waals surface area contributed by atoms with E-state index in [9.17, 15) is 4.79 Å². The topological polar surface area (TPSA) is 48.4 Å². The fourth-order valence-electron chi connectivity index (χ4n) is 2.78. The third kappa shape index (κ3) is 3.99. The molecule has 0 aliphatic rings. The average Bonchev–Trinajstić information content (AvgIpc) is 3.26. The first-order valence-corrected chi connectivity index (χ1v) is 9.48. The van der Waals surface area contributed by atoms with E-state index in [4.69, 9.17) is 9.47 Å². The summed E-state index contributed by atoms with van der Waals surface area (Å²) in [5.41, 5.74) is 2.07. The molecule has 2 aromatic carbocycles. The molecular weight excluding hydrogens is 358 g/mol. The van der Waals surface area contributed by atoms with E-state index in [0.717, 1.165) is 27.2 Å². The first-order chi connectivity index (χ1) is 13.3. The van der Waals surface area contributed by atoms with Gasteiger partial charge in [0.1, 0.15) is 19.0 Å². The van der Waals surface area contributed by atoms with Crippen molar-refractivity contribution < 1.29 is 14.3 Å². The summed E-state index contributed by atoms with van der Waals surface area (Å²) in [4.78, 5) is 18.4. The minimum Gasteiger partial charge on any atom is -0.490 e. The van der Waals surface area contributed by atoms with Gasteiger partial charge >= 0.3 is 5.97 Å². The minimum atomic E-state index is -0.372. The highest BCUT2D eigenvalue weighted by molar-refractivity contribution is 7.13. The number of benzene rings is 2. The van der Waals surface area contributed by atoms with Crippen LogP contribution in [0.1, 0.15) is 10.4 Å². The molecule has 0 aliphatic carbocycles. The monoisotopic (exact) mass is 375 g/mol. The number of thiophene rings is 1. The molecule has 0 saturated heterocycles. The lowest BCUT2D eigenvalue weighted by atomic mass is 10.1. The van der Waals surface area contributed by atoms with Gasteiger partial charge in [0.2, 0.25) is 0 Å². The highest BCUT2D eigenvalue weighted by atomic mass is 32.1. The minimum absolute atomic E-state index is 0.179. The van der Waals surface area contributed by atoms with Crippen LogP contribution in [0.2, 0.25) is 0 Å². The summed E-state index contributed by atoms with van der Waals surface area (Å²) in [6.07, 6.45) is 0. The van der Waals surface area contributed by atoms with Crippen molar-refractivity contribution in [2.45, 2.75) is 0 Å². The number of para-hydroxylation sites is 2. The predicted molar refractivity (Wildman–Crippen MR) is 107 cm³/mol. The van der Waals surface area contributed by atoms with Crippen LogP contribution in [-0.2, 0) is 4.74 Å². The molecule has 0 fully saturated rings. The van der Waals surface area contributed by atoms with Crippen molar-refractivity contribution in [3.8, 4) is 16.3 Å². The summed E-state index contributed by atoms with van der Waals surface area (Å²) in [7, 11) is 0. The van der Waals surface area contributed by atoms with Crippen LogP contribution in [0, 0.1) is 0 Å². The number of pyridine rings is 1. The van der Waals surface area contributed by atoms with E-state index in [-0.39, 0.29) is 12.6 Å². The van der Waals surface area contributed by atoms with Crippen LogP contribution >= 0.6 is 11.3 Å². The smallest absolute Gasteiger partial charge is 0.339 e. The van der Waals surface area contributed by atoms with Gasteiger partial charge in [-0.1, -0.05) is 42.5 Å². The van der Waals surface area contributed by atoms with Crippen molar-refractivity contribution in [3.05, 3.63) is 83.7 Å². The van der Waals surface area contributed by atoms with Crippen molar-refractivity contribution in [1.29, 1.82) is 0 Å². The van der Waals surface area contributed by atoms with Gasteiger partial charge in [0.25, 0.3) is 0 Å². The Morgan fingerprint density at radius 3 is 2.56 bits per heavy atom. The van der Waals surface area contributed by atoms with Crippen molar-refractivity contribution in [1.82, 2.24) is 4.98 Å². The largest absolute Gasteiger partial charge is 0.490 e. The van der Waals surface area contributed by atoms with Crippen molar-refractivity contribution in [3.63, 3.8) is 0 Å². The summed E-state index contributed by atoms with van der Waals surface area (Å²) in [5.74, 6) is 0.381. The fraction of sp³-hybridized carbons (Fsp3) is 0.0909. The Hall–Kier alpha value is -3.18. The third-order valence-corrected chi connectivity index (χ3v) is 4.93. The molecule has 5 heteroatoms. The standard InChI is InChI=1S/C22H17NO3S/c24-22(26-13-12-25-16-7-2-1-3-8-16)18-15-20(21-11-6-14-27-21)23-19-10-5-4-9-17(18)19/h1-11,14-15H,12-13H2. The molecule has 0 radical (unpaired) electrons. The highest BCUT2D eigenvalue weighted by Gasteiger charge is 2.15. The Morgan fingerprint density at radius 2 is 1.74 bits per heavy atom. The zero-order chi connectivity index (χ0) is 18.5. The molecule has 0 aliphatic heterocycles. The maximum Gasteiger partial charge on any atom is 0.339 e. The summed E-state index contributed by atoms with van der Waals surface area (Å²) in [5, 5.41) is 2.78. The fourth-order valence-corrected chi connectivity index (χ4v) is 3.47. The molecule has 0 bridgehead atoms. The van der Waals surface area contributed by atoms with Crippen LogP contribution in [0.3, 0.4) is 0 Å². The lowest BCUT2D eigenvalue weighted by Gasteiger charge is -2.10. The molecular formula is C22H17NO3S. The number of aromatic nitrogens is 1. The van der Waals surface area contributed by atoms with E-state index >= 15 is 0 Å². The van der Waals surface area contributed by atoms with E-state index < -0.39 is 0 Å². The van der Waals surface area contributed by atoms with Crippen LogP contribution in [0.25, 0.3) is 21.5 Å². The number of esters is 1. The SMILES string of the molecule is O=C(OCCOc1ccccc1)c1cc(-c2cccs2)nc2ccccc12. The van der Waals surface area contributed by atoms with Crippen LogP contribution in [0.15, 0.2) is 78.2 Å². The van der Waals surface area contributed by atoms with Gasteiger partial charge in [0, 0.05) is 5.39 Å². The molecule has 134 valence electrons. The first-order valence-electron chi connectivity index (χ1n) is 8.60. The normalized spacial score (nSPS) is 10.7. The van der Waals surface area contributed by atoms with Gasteiger partial charge in [0.15, 0.2) is 0 Å². The van der Waals surface area contributed by atoms with Crippen LogP contribution in [0.4, 0.5) is 0 Å². The van der Waals surface area contributed by atoms with Gasteiger partial charge in [-0.05, 0) is 35.7 Å². The van der Waals surface area contributed by atoms with Gasteiger partial charge in [-0.3, -0.25) is 0 Å². The molecule has 4 aromatic rings. The summed E-state index contributed by atoms with van der Waals surface area (Å²) >= 11 is 1.59. The molecule has 0 amide bonds. The second kappa shape index (κ2) is 8.01. The number of rotatable bonds is 6. The zero-order valence-corrected chi connectivity index (χ0v) is 15.3. The van der Waals surface area contributed by atoms with E-state index in [1.807, 2.05) is 72.1 Å². The Bertz CT molecular complexity index is 1050.